The summed E-state index contributed by atoms with van der Waals surface area (Å²) in [6.45, 7) is 2.84. The summed E-state index contributed by atoms with van der Waals surface area (Å²) < 4.78 is 5.44. The molecule has 0 saturated carbocycles. The van der Waals surface area contributed by atoms with Gasteiger partial charge in [-0.15, -0.1) is 0 Å². The third-order valence-corrected chi connectivity index (χ3v) is 2.53. The van der Waals surface area contributed by atoms with Crippen LogP contribution in [0.5, 0.6) is 0 Å². The summed E-state index contributed by atoms with van der Waals surface area (Å²) in [7, 11) is 0. The molecular formula is C10H15NO2. The first-order valence-corrected chi connectivity index (χ1v) is 4.72. The van der Waals surface area contributed by atoms with Gasteiger partial charge in [-0.1, -0.05) is 0 Å². The molecule has 1 saturated heterocycles. The van der Waals surface area contributed by atoms with Crippen molar-refractivity contribution in [1.82, 2.24) is 5.32 Å². The van der Waals surface area contributed by atoms with Gasteiger partial charge in [-0.05, 0) is 32.0 Å². The summed E-state index contributed by atoms with van der Waals surface area (Å²) in [6.07, 6.45) is 1.42. The van der Waals surface area contributed by atoms with E-state index in [2.05, 4.69) is 5.32 Å². The molecule has 0 aliphatic carbocycles. The third kappa shape index (κ3) is 1.92. The normalized spacial score (nSPS) is 28.2. The van der Waals surface area contributed by atoms with Crippen molar-refractivity contribution in [3.63, 3.8) is 0 Å². The van der Waals surface area contributed by atoms with Crippen LogP contribution in [-0.2, 0) is 6.42 Å². The predicted octanol–water partition coefficient (Wildman–Crippen LogP) is 0.853. The lowest BCUT2D eigenvalue weighted by atomic mass is 10.1. The Morgan fingerprint density at radius 3 is 3.00 bits per heavy atom. The number of aryl methyl sites for hydroxylation is 1. The van der Waals surface area contributed by atoms with E-state index in [1.54, 1.807) is 0 Å². The Balaban J connectivity index is 1.97. The van der Waals surface area contributed by atoms with Gasteiger partial charge in [0.05, 0.1) is 6.10 Å². The van der Waals surface area contributed by atoms with Crippen molar-refractivity contribution >= 4 is 0 Å². The van der Waals surface area contributed by atoms with Crippen LogP contribution in [0.4, 0.5) is 0 Å². The van der Waals surface area contributed by atoms with Crippen molar-refractivity contribution < 1.29 is 9.52 Å². The van der Waals surface area contributed by atoms with Gasteiger partial charge >= 0.3 is 0 Å². The lowest BCUT2D eigenvalue weighted by Crippen LogP contribution is -2.32. The van der Waals surface area contributed by atoms with Gasteiger partial charge in [0.15, 0.2) is 0 Å². The van der Waals surface area contributed by atoms with Crippen LogP contribution in [0.25, 0.3) is 0 Å². The fraction of sp³-hybridized carbons (Fsp3) is 0.600. The Morgan fingerprint density at radius 1 is 1.62 bits per heavy atom. The van der Waals surface area contributed by atoms with E-state index in [1.165, 1.54) is 0 Å². The van der Waals surface area contributed by atoms with Crippen molar-refractivity contribution in [2.24, 2.45) is 0 Å². The molecule has 1 fully saturated rings. The van der Waals surface area contributed by atoms with Gasteiger partial charge in [-0.2, -0.15) is 0 Å². The van der Waals surface area contributed by atoms with Gasteiger partial charge in [0.2, 0.25) is 0 Å². The Bertz CT molecular complexity index is 282. The SMILES string of the molecule is Cc1ccc(CC2NCCC2O)o1. The second-order valence-corrected chi connectivity index (χ2v) is 3.63. The summed E-state index contributed by atoms with van der Waals surface area (Å²) in [4.78, 5) is 0. The zero-order chi connectivity index (χ0) is 9.26. The van der Waals surface area contributed by atoms with E-state index in [1.807, 2.05) is 19.1 Å². The number of hydrogen-bond donors (Lipinski definition) is 2. The summed E-state index contributed by atoms with van der Waals surface area (Å²) >= 11 is 0. The van der Waals surface area contributed by atoms with Crippen molar-refractivity contribution in [2.75, 3.05) is 6.54 Å². The van der Waals surface area contributed by atoms with E-state index >= 15 is 0 Å². The average molecular weight is 181 g/mol. The number of rotatable bonds is 2. The van der Waals surface area contributed by atoms with Crippen LogP contribution in [0, 0.1) is 6.92 Å². The van der Waals surface area contributed by atoms with Crippen LogP contribution in [-0.4, -0.2) is 23.8 Å². The first-order chi connectivity index (χ1) is 6.25. The van der Waals surface area contributed by atoms with E-state index in [9.17, 15) is 5.11 Å². The highest BCUT2D eigenvalue weighted by Crippen LogP contribution is 2.14. The topological polar surface area (TPSA) is 45.4 Å². The molecule has 1 aliphatic heterocycles. The quantitative estimate of drug-likeness (QED) is 0.711. The summed E-state index contributed by atoms with van der Waals surface area (Å²) in [6, 6.07) is 4.10. The molecule has 1 aliphatic rings. The molecule has 0 bridgehead atoms. The van der Waals surface area contributed by atoms with Crippen molar-refractivity contribution in [2.45, 2.75) is 31.9 Å². The first-order valence-electron chi connectivity index (χ1n) is 4.72. The fourth-order valence-corrected chi connectivity index (χ4v) is 1.77. The molecule has 2 N–H and O–H groups in total. The van der Waals surface area contributed by atoms with Crippen molar-refractivity contribution in [3.8, 4) is 0 Å². The van der Waals surface area contributed by atoms with E-state index < -0.39 is 0 Å². The Hall–Kier alpha value is -0.800. The minimum absolute atomic E-state index is 0.172. The van der Waals surface area contributed by atoms with Gasteiger partial charge in [0, 0.05) is 12.5 Å². The maximum atomic E-state index is 9.55. The Morgan fingerprint density at radius 2 is 2.46 bits per heavy atom. The largest absolute Gasteiger partial charge is 0.466 e. The standard InChI is InChI=1S/C10H15NO2/c1-7-2-3-8(13-7)6-9-10(12)4-5-11-9/h2-3,9-12H,4-6H2,1H3. The highest BCUT2D eigenvalue weighted by molar-refractivity contribution is 5.08. The van der Waals surface area contributed by atoms with Crippen LogP contribution in [0.3, 0.4) is 0 Å². The third-order valence-electron chi connectivity index (χ3n) is 2.53. The second-order valence-electron chi connectivity index (χ2n) is 3.63. The van der Waals surface area contributed by atoms with Crippen LogP contribution in [0.1, 0.15) is 17.9 Å². The van der Waals surface area contributed by atoms with Crippen molar-refractivity contribution in [3.05, 3.63) is 23.7 Å². The van der Waals surface area contributed by atoms with E-state index in [-0.39, 0.29) is 12.1 Å². The number of aliphatic hydroxyl groups is 1. The molecule has 72 valence electrons. The van der Waals surface area contributed by atoms with Gasteiger partial charge in [-0.25, -0.2) is 0 Å². The number of furan rings is 1. The highest BCUT2D eigenvalue weighted by Gasteiger charge is 2.25. The maximum Gasteiger partial charge on any atom is 0.105 e. The number of aliphatic hydroxyl groups excluding tert-OH is 1. The molecule has 0 spiro atoms. The number of nitrogens with one attached hydrogen (secondary N) is 1. The monoisotopic (exact) mass is 181 g/mol. The Labute approximate surface area is 77.8 Å². The first kappa shape index (κ1) is 8.78. The van der Waals surface area contributed by atoms with Gasteiger partial charge in [-0.3, -0.25) is 0 Å². The molecule has 3 nitrogen and oxygen atoms in total. The summed E-state index contributed by atoms with van der Waals surface area (Å²) in [5.41, 5.74) is 0. The molecule has 1 aromatic heterocycles. The summed E-state index contributed by atoms with van der Waals surface area (Å²) in [5, 5.41) is 12.8. The molecule has 0 aromatic carbocycles. The molecule has 3 heteroatoms. The van der Waals surface area contributed by atoms with Gasteiger partial charge in [0.1, 0.15) is 11.5 Å². The van der Waals surface area contributed by atoms with Crippen LogP contribution in [0.15, 0.2) is 16.5 Å². The predicted molar refractivity (Wildman–Crippen MR) is 49.6 cm³/mol. The summed E-state index contributed by atoms with van der Waals surface area (Å²) in [5.74, 6) is 1.89. The Kier molecular flexibility index (Phi) is 2.38. The van der Waals surface area contributed by atoms with E-state index in [4.69, 9.17) is 4.42 Å². The molecule has 2 atom stereocenters. The minimum atomic E-state index is -0.217. The molecule has 2 heterocycles. The van der Waals surface area contributed by atoms with Crippen LogP contribution < -0.4 is 5.32 Å². The van der Waals surface area contributed by atoms with Crippen LogP contribution >= 0.6 is 0 Å². The van der Waals surface area contributed by atoms with Gasteiger partial charge < -0.3 is 14.8 Å². The number of hydrogen-bond acceptors (Lipinski definition) is 3. The maximum absolute atomic E-state index is 9.55. The molecule has 0 amide bonds. The van der Waals surface area contributed by atoms with Crippen molar-refractivity contribution in [1.29, 1.82) is 0 Å². The second kappa shape index (κ2) is 3.52. The zero-order valence-electron chi connectivity index (χ0n) is 7.79. The molecule has 1 aromatic rings. The smallest absolute Gasteiger partial charge is 0.105 e. The van der Waals surface area contributed by atoms with E-state index in [0.29, 0.717) is 0 Å². The minimum Gasteiger partial charge on any atom is -0.466 e. The van der Waals surface area contributed by atoms with E-state index in [0.717, 1.165) is 30.9 Å². The highest BCUT2D eigenvalue weighted by atomic mass is 16.3. The molecule has 13 heavy (non-hydrogen) atoms. The molecular weight excluding hydrogens is 166 g/mol. The average Bonchev–Trinajstić information content (AvgIpc) is 2.64. The fourth-order valence-electron chi connectivity index (χ4n) is 1.77. The molecule has 2 rings (SSSR count). The molecule has 0 radical (unpaired) electrons. The van der Waals surface area contributed by atoms with Crippen LogP contribution in [0.2, 0.25) is 0 Å². The zero-order valence-corrected chi connectivity index (χ0v) is 7.79. The van der Waals surface area contributed by atoms with Gasteiger partial charge in [0.25, 0.3) is 0 Å². The molecule has 2 unspecified atom stereocenters. The lowest BCUT2D eigenvalue weighted by molar-refractivity contribution is 0.156. The lowest BCUT2D eigenvalue weighted by Gasteiger charge is -2.12.